The lowest BCUT2D eigenvalue weighted by molar-refractivity contribution is 0.0702. The molecule has 0 unspecified atom stereocenters. The van der Waals surface area contributed by atoms with Crippen LogP contribution in [-0.4, -0.2) is 81.8 Å². The molecule has 0 bridgehead atoms. The van der Waals surface area contributed by atoms with E-state index < -0.39 is 17.6 Å². The number of hydrogen-bond acceptors (Lipinski definition) is 8. The number of aliphatic imine (C=N–C) groups is 2. The molecule has 0 atom stereocenters. The van der Waals surface area contributed by atoms with Gasteiger partial charge in [-0.1, -0.05) is 38.1 Å². The molecule has 0 saturated heterocycles. The first-order valence-corrected chi connectivity index (χ1v) is 19.3. The van der Waals surface area contributed by atoms with Crippen LogP contribution in [0.15, 0.2) is 34.3 Å². The lowest BCUT2D eigenvalue weighted by atomic mass is 10.0. The van der Waals surface area contributed by atoms with Crippen LogP contribution in [0.2, 0.25) is 12.1 Å². The topological polar surface area (TPSA) is 80.1 Å². The average Bonchev–Trinajstić information content (AvgIpc) is 2.94. The van der Waals surface area contributed by atoms with Crippen molar-refractivity contribution in [2.24, 2.45) is 9.98 Å². The van der Waals surface area contributed by atoms with E-state index in [0.717, 1.165) is 73.4 Å². The van der Waals surface area contributed by atoms with E-state index in [1.54, 1.807) is 0 Å². The number of hydrogen-bond donors (Lipinski definition) is 0. The van der Waals surface area contributed by atoms with Gasteiger partial charge in [-0.05, 0) is 78.4 Å². The Morgan fingerprint density at radius 3 is 1.00 bits per heavy atom. The minimum atomic E-state index is -2.62. The molecule has 0 radical (unpaired) electrons. The van der Waals surface area contributed by atoms with Crippen molar-refractivity contribution < 1.29 is 26.6 Å². The van der Waals surface area contributed by atoms with Crippen molar-refractivity contribution in [3.63, 3.8) is 0 Å². The molecule has 10 heteroatoms. The normalized spacial score (nSPS) is 13.3. The minimum absolute atomic E-state index is 0.599. The molecule has 1 rings (SSSR count). The van der Waals surface area contributed by atoms with Crippen LogP contribution < -0.4 is 0 Å². The Kier molecular flexibility index (Phi) is 19.7. The molecule has 40 heavy (non-hydrogen) atoms. The molecule has 0 heterocycles. The van der Waals surface area contributed by atoms with Gasteiger partial charge >= 0.3 is 17.6 Å². The van der Waals surface area contributed by atoms with Crippen LogP contribution in [0.1, 0.15) is 92.2 Å². The van der Waals surface area contributed by atoms with Gasteiger partial charge in [-0.2, -0.15) is 0 Å². The highest BCUT2D eigenvalue weighted by molar-refractivity contribution is 6.61. The first-order valence-electron chi connectivity index (χ1n) is 15.4. The molecule has 0 spiro atoms. The highest BCUT2D eigenvalue weighted by Gasteiger charge is 2.40. The van der Waals surface area contributed by atoms with Crippen molar-refractivity contribution in [2.75, 3.05) is 52.7 Å². The Bertz CT molecular complexity index is 748. The zero-order valence-electron chi connectivity index (χ0n) is 26.6. The fourth-order valence-corrected chi connectivity index (χ4v) is 9.88. The molecule has 1 aromatic carbocycles. The van der Waals surface area contributed by atoms with Gasteiger partial charge in [0, 0.05) is 76.2 Å². The van der Waals surface area contributed by atoms with Crippen LogP contribution in [0.5, 0.6) is 0 Å². The summed E-state index contributed by atoms with van der Waals surface area (Å²) >= 11 is 0. The van der Waals surface area contributed by atoms with E-state index in [4.69, 9.17) is 36.5 Å². The maximum absolute atomic E-state index is 5.98. The molecule has 0 amide bonds. The van der Waals surface area contributed by atoms with Crippen LogP contribution in [0.3, 0.4) is 0 Å². The number of benzene rings is 1. The molecule has 0 fully saturated rings. The molecule has 0 aromatic heterocycles. The lowest BCUT2D eigenvalue weighted by Gasteiger charge is -2.28. The summed E-state index contributed by atoms with van der Waals surface area (Å²) in [6, 6.07) is 10.2. The van der Waals surface area contributed by atoms with Crippen molar-refractivity contribution >= 4 is 29.0 Å². The SMILES string of the molecule is CCO[Si](CCC/N=C(\CC)c1ccc(/C(CC)=N/CCC[Si](OCC)(OCC)OCC)cc1)(OCC)OCC. The molecule has 0 aliphatic carbocycles. The first kappa shape index (κ1) is 36.8. The molecular formula is C30H56N2O6Si2. The standard InChI is InChI=1S/C30H56N2O6Si2/c1-9-29(31-23-17-25-39(33-11-3,34-12-4)35-13-5)27-19-21-28(22-20-27)30(10-2)32-24-18-26-40(36-14-6,37-15-7)38-16-8/h19-22H,9-18,23-26H2,1-8H3/b31-29+,32-30+. The highest BCUT2D eigenvalue weighted by atomic mass is 28.4. The Morgan fingerprint density at radius 2 is 0.775 bits per heavy atom. The fraction of sp³-hybridized carbons (Fsp3) is 0.733. The van der Waals surface area contributed by atoms with E-state index in [9.17, 15) is 0 Å². The third-order valence-electron chi connectivity index (χ3n) is 6.29. The summed E-state index contributed by atoms with van der Waals surface area (Å²) in [7, 11) is -5.24. The summed E-state index contributed by atoms with van der Waals surface area (Å²) < 4.78 is 35.9. The highest BCUT2D eigenvalue weighted by Crippen LogP contribution is 2.20. The van der Waals surface area contributed by atoms with Crippen LogP contribution in [0, 0.1) is 0 Å². The summed E-state index contributed by atoms with van der Waals surface area (Å²) in [5.74, 6) is 0. The van der Waals surface area contributed by atoms with Gasteiger partial charge < -0.3 is 26.6 Å². The summed E-state index contributed by atoms with van der Waals surface area (Å²) in [5.41, 5.74) is 4.54. The van der Waals surface area contributed by atoms with Gasteiger partial charge in [0.2, 0.25) is 0 Å². The van der Waals surface area contributed by atoms with Crippen molar-refractivity contribution in [1.82, 2.24) is 0 Å². The predicted molar refractivity (Wildman–Crippen MR) is 170 cm³/mol. The Hall–Kier alpha value is -1.25. The zero-order chi connectivity index (χ0) is 29.7. The largest absolute Gasteiger partial charge is 0.500 e. The van der Waals surface area contributed by atoms with Crippen molar-refractivity contribution in [1.29, 1.82) is 0 Å². The molecule has 0 aliphatic heterocycles. The van der Waals surface area contributed by atoms with Crippen molar-refractivity contribution in [3.05, 3.63) is 35.4 Å². The van der Waals surface area contributed by atoms with E-state index in [-0.39, 0.29) is 0 Å². The van der Waals surface area contributed by atoms with Crippen LogP contribution >= 0.6 is 0 Å². The van der Waals surface area contributed by atoms with Gasteiger partial charge in [-0.25, -0.2) is 0 Å². The maximum atomic E-state index is 5.98. The van der Waals surface area contributed by atoms with Crippen LogP contribution in [0.4, 0.5) is 0 Å². The Labute approximate surface area is 246 Å². The summed E-state index contributed by atoms with van der Waals surface area (Å²) in [4.78, 5) is 9.86. The second-order valence-corrected chi connectivity index (χ2v) is 14.6. The smallest absolute Gasteiger partial charge is 0.374 e. The minimum Gasteiger partial charge on any atom is -0.374 e. The summed E-state index contributed by atoms with van der Waals surface area (Å²) in [6.45, 7) is 21.3. The Morgan fingerprint density at radius 1 is 0.500 bits per heavy atom. The third-order valence-corrected chi connectivity index (χ3v) is 12.6. The fourth-order valence-electron chi connectivity index (χ4n) is 4.69. The van der Waals surface area contributed by atoms with E-state index in [2.05, 4.69) is 38.1 Å². The molecule has 0 N–H and O–H groups in total. The van der Waals surface area contributed by atoms with Gasteiger partial charge in [0.25, 0.3) is 0 Å². The van der Waals surface area contributed by atoms with Gasteiger partial charge in [0.1, 0.15) is 0 Å². The van der Waals surface area contributed by atoms with E-state index in [1.165, 1.54) is 0 Å². The Balaban J connectivity index is 2.83. The predicted octanol–water partition coefficient (Wildman–Crippen LogP) is 6.96. The van der Waals surface area contributed by atoms with E-state index in [1.807, 2.05) is 41.5 Å². The molecule has 230 valence electrons. The van der Waals surface area contributed by atoms with Gasteiger partial charge in [-0.15, -0.1) is 0 Å². The second kappa shape index (κ2) is 21.5. The quantitative estimate of drug-likeness (QED) is 0.0729. The molecule has 0 aliphatic rings. The molecule has 1 aromatic rings. The monoisotopic (exact) mass is 596 g/mol. The average molecular weight is 597 g/mol. The maximum Gasteiger partial charge on any atom is 0.500 e. The third kappa shape index (κ3) is 12.7. The van der Waals surface area contributed by atoms with Gasteiger partial charge in [0.15, 0.2) is 0 Å². The van der Waals surface area contributed by atoms with Crippen molar-refractivity contribution in [2.45, 2.75) is 93.2 Å². The second-order valence-electron chi connectivity index (χ2n) is 9.11. The summed E-state index contributed by atoms with van der Waals surface area (Å²) in [6.07, 6.45) is 3.51. The molecule has 8 nitrogen and oxygen atoms in total. The van der Waals surface area contributed by atoms with E-state index >= 15 is 0 Å². The zero-order valence-corrected chi connectivity index (χ0v) is 28.6. The van der Waals surface area contributed by atoms with E-state index in [0.29, 0.717) is 39.6 Å². The number of nitrogens with zero attached hydrogens (tertiary/aromatic N) is 2. The first-order chi connectivity index (χ1) is 19.4. The van der Waals surface area contributed by atoms with Crippen LogP contribution in [-0.2, 0) is 26.6 Å². The number of rotatable bonds is 24. The molecular weight excluding hydrogens is 541 g/mol. The van der Waals surface area contributed by atoms with Gasteiger partial charge in [0.05, 0.1) is 0 Å². The van der Waals surface area contributed by atoms with Crippen molar-refractivity contribution in [3.8, 4) is 0 Å². The van der Waals surface area contributed by atoms with Gasteiger partial charge in [-0.3, -0.25) is 9.98 Å². The summed E-state index contributed by atoms with van der Waals surface area (Å²) in [5, 5.41) is 0. The van der Waals surface area contributed by atoms with Crippen LogP contribution in [0.25, 0.3) is 0 Å². The molecule has 0 saturated carbocycles. The lowest BCUT2D eigenvalue weighted by Crippen LogP contribution is -2.46.